The van der Waals surface area contributed by atoms with Crippen LogP contribution in [0, 0.1) is 17.7 Å². The Kier molecular flexibility index (Phi) is 4.76. The summed E-state index contributed by atoms with van der Waals surface area (Å²) in [4.78, 5) is 0. The van der Waals surface area contributed by atoms with E-state index in [0.717, 1.165) is 31.2 Å². The predicted molar refractivity (Wildman–Crippen MR) is 74.1 cm³/mol. The van der Waals surface area contributed by atoms with Crippen LogP contribution in [0.15, 0.2) is 24.3 Å². The van der Waals surface area contributed by atoms with Gasteiger partial charge in [0.15, 0.2) is 0 Å². The molecule has 1 aliphatic rings. The van der Waals surface area contributed by atoms with Gasteiger partial charge in [0.2, 0.25) is 0 Å². The largest absolute Gasteiger partial charge is 0.313 e. The molecule has 2 unspecified atom stereocenters. The second-order valence-electron chi connectivity index (χ2n) is 5.59. The first-order valence-corrected chi connectivity index (χ1v) is 7.18. The zero-order valence-electron chi connectivity index (χ0n) is 11.5. The number of halogens is 1. The lowest BCUT2D eigenvalue weighted by atomic mass is 9.91. The Bertz CT molecular complexity index is 356. The van der Waals surface area contributed by atoms with E-state index in [1.807, 2.05) is 12.1 Å². The lowest BCUT2D eigenvalue weighted by Gasteiger charge is -2.25. The van der Waals surface area contributed by atoms with E-state index in [0.29, 0.717) is 6.04 Å². The summed E-state index contributed by atoms with van der Waals surface area (Å²) < 4.78 is 12.9. The van der Waals surface area contributed by atoms with Crippen LogP contribution in [-0.4, -0.2) is 12.6 Å². The van der Waals surface area contributed by atoms with E-state index in [9.17, 15) is 4.39 Å². The summed E-state index contributed by atoms with van der Waals surface area (Å²) in [5.41, 5.74) is 1.23. The van der Waals surface area contributed by atoms with Crippen LogP contribution in [0.3, 0.4) is 0 Å². The van der Waals surface area contributed by atoms with Crippen molar-refractivity contribution in [2.45, 2.75) is 45.6 Å². The average molecular weight is 249 g/mol. The number of hydrogen-bond donors (Lipinski definition) is 1. The second-order valence-corrected chi connectivity index (χ2v) is 5.59. The number of nitrogens with one attached hydrogen (secondary N) is 1. The highest BCUT2D eigenvalue weighted by Gasteiger charge is 2.32. The molecule has 1 fully saturated rings. The third-order valence-corrected chi connectivity index (χ3v) is 4.03. The highest BCUT2D eigenvalue weighted by Crippen LogP contribution is 2.38. The van der Waals surface area contributed by atoms with Gasteiger partial charge in [-0.15, -0.1) is 0 Å². The van der Waals surface area contributed by atoms with Crippen LogP contribution in [0.2, 0.25) is 0 Å². The molecular weight excluding hydrogens is 225 g/mol. The van der Waals surface area contributed by atoms with E-state index in [-0.39, 0.29) is 5.82 Å². The van der Waals surface area contributed by atoms with Crippen LogP contribution in [0.1, 0.15) is 38.7 Å². The Balaban J connectivity index is 1.96. The molecule has 1 N–H and O–H groups in total. The van der Waals surface area contributed by atoms with Crippen LogP contribution >= 0.6 is 0 Å². The zero-order valence-corrected chi connectivity index (χ0v) is 11.5. The Labute approximate surface area is 110 Å². The van der Waals surface area contributed by atoms with Crippen molar-refractivity contribution in [2.24, 2.45) is 11.8 Å². The van der Waals surface area contributed by atoms with Crippen LogP contribution in [0.25, 0.3) is 0 Å². The van der Waals surface area contributed by atoms with Crippen LogP contribution in [0.4, 0.5) is 4.39 Å². The normalized spacial score (nSPS) is 18.6. The lowest BCUT2D eigenvalue weighted by molar-refractivity contribution is 0.339. The van der Waals surface area contributed by atoms with Gasteiger partial charge in [0.05, 0.1) is 0 Å². The maximum Gasteiger partial charge on any atom is 0.123 e. The third kappa shape index (κ3) is 3.81. The molecule has 0 bridgehead atoms. The Morgan fingerprint density at radius 1 is 1.28 bits per heavy atom. The average Bonchev–Trinajstić information content (AvgIpc) is 3.20. The molecule has 0 aliphatic heterocycles. The first-order valence-electron chi connectivity index (χ1n) is 7.18. The fourth-order valence-electron chi connectivity index (χ4n) is 2.60. The van der Waals surface area contributed by atoms with Crippen molar-refractivity contribution in [3.63, 3.8) is 0 Å². The molecule has 1 nitrogen and oxygen atoms in total. The van der Waals surface area contributed by atoms with E-state index >= 15 is 0 Å². The van der Waals surface area contributed by atoms with Gasteiger partial charge in [0.25, 0.3) is 0 Å². The van der Waals surface area contributed by atoms with E-state index in [1.54, 1.807) is 12.1 Å². The summed E-state index contributed by atoms with van der Waals surface area (Å²) in [6.45, 7) is 5.63. The monoisotopic (exact) mass is 249 g/mol. The minimum Gasteiger partial charge on any atom is -0.313 e. The maximum absolute atomic E-state index is 12.9. The van der Waals surface area contributed by atoms with E-state index in [1.165, 1.54) is 18.4 Å². The third-order valence-electron chi connectivity index (χ3n) is 4.03. The molecule has 2 rings (SSSR count). The summed E-state index contributed by atoms with van der Waals surface area (Å²) in [6, 6.07) is 7.48. The molecule has 0 amide bonds. The zero-order chi connectivity index (χ0) is 13.0. The topological polar surface area (TPSA) is 12.0 Å². The minimum absolute atomic E-state index is 0.146. The van der Waals surface area contributed by atoms with Gasteiger partial charge in [-0.25, -0.2) is 4.39 Å². The second kappa shape index (κ2) is 6.33. The number of rotatable bonds is 7. The number of hydrogen-bond acceptors (Lipinski definition) is 1. The molecule has 2 atom stereocenters. The summed E-state index contributed by atoms with van der Waals surface area (Å²) in [5.74, 6) is 1.48. The molecule has 1 saturated carbocycles. The van der Waals surface area contributed by atoms with Crippen molar-refractivity contribution in [1.29, 1.82) is 0 Å². The minimum atomic E-state index is -0.146. The molecule has 2 heteroatoms. The van der Waals surface area contributed by atoms with E-state index in [2.05, 4.69) is 19.2 Å². The summed E-state index contributed by atoms with van der Waals surface area (Å²) >= 11 is 0. The van der Waals surface area contributed by atoms with Crippen LogP contribution in [-0.2, 0) is 6.42 Å². The fraction of sp³-hybridized carbons (Fsp3) is 0.625. The molecule has 100 valence electrons. The summed E-state index contributed by atoms with van der Waals surface area (Å²) in [5, 5.41) is 3.66. The maximum atomic E-state index is 12.9. The Morgan fingerprint density at radius 2 is 1.94 bits per heavy atom. The first kappa shape index (κ1) is 13.5. The number of benzene rings is 1. The molecule has 1 aliphatic carbocycles. The van der Waals surface area contributed by atoms with Crippen molar-refractivity contribution < 1.29 is 4.39 Å². The van der Waals surface area contributed by atoms with Gasteiger partial charge in [-0.1, -0.05) is 26.0 Å². The smallest absolute Gasteiger partial charge is 0.123 e. The van der Waals surface area contributed by atoms with Gasteiger partial charge in [0.1, 0.15) is 5.82 Å². The lowest BCUT2D eigenvalue weighted by Crippen LogP contribution is -2.38. The molecule has 0 spiro atoms. The van der Waals surface area contributed by atoms with E-state index in [4.69, 9.17) is 0 Å². The first-order chi connectivity index (χ1) is 8.70. The predicted octanol–water partition coefficient (Wildman–Crippen LogP) is 3.78. The molecule has 1 aromatic carbocycles. The molecule has 0 saturated heterocycles. The van der Waals surface area contributed by atoms with Gasteiger partial charge in [-0.05, 0) is 61.8 Å². The van der Waals surface area contributed by atoms with E-state index < -0.39 is 0 Å². The highest BCUT2D eigenvalue weighted by atomic mass is 19.1. The quantitative estimate of drug-likeness (QED) is 0.775. The Hall–Kier alpha value is -0.890. The molecule has 0 aromatic heterocycles. The van der Waals surface area contributed by atoms with Crippen molar-refractivity contribution >= 4 is 0 Å². The fourth-order valence-corrected chi connectivity index (χ4v) is 2.60. The SMILES string of the molecule is CCCNC(Cc1ccc(F)cc1)C(C)C1CC1. The summed E-state index contributed by atoms with van der Waals surface area (Å²) in [7, 11) is 0. The molecule has 0 heterocycles. The summed E-state index contributed by atoms with van der Waals surface area (Å²) in [6.07, 6.45) is 4.94. The van der Waals surface area contributed by atoms with Crippen molar-refractivity contribution in [3.05, 3.63) is 35.6 Å². The molecule has 0 radical (unpaired) electrons. The van der Waals surface area contributed by atoms with Crippen LogP contribution in [0.5, 0.6) is 0 Å². The molecule has 18 heavy (non-hydrogen) atoms. The standard InChI is InChI=1S/C16H24FN/c1-3-10-18-16(12(2)14-6-7-14)11-13-4-8-15(17)9-5-13/h4-5,8-9,12,14,16,18H,3,6-7,10-11H2,1-2H3. The van der Waals surface area contributed by atoms with Gasteiger partial charge in [-0.3, -0.25) is 0 Å². The van der Waals surface area contributed by atoms with Crippen molar-refractivity contribution in [2.75, 3.05) is 6.54 Å². The molecular formula is C16H24FN. The molecule has 1 aromatic rings. The van der Waals surface area contributed by atoms with Gasteiger partial charge in [0, 0.05) is 6.04 Å². The highest BCUT2D eigenvalue weighted by molar-refractivity contribution is 5.17. The van der Waals surface area contributed by atoms with Crippen molar-refractivity contribution in [3.8, 4) is 0 Å². The van der Waals surface area contributed by atoms with Gasteiger partial charge < -0.3 is 5.32 Å². The van der Waals surface area contributed by atoms with Crippen LogP contribution < -0.4 is 5.32 Å². The van der Waals surface area contributed by atoms with Gasteiger partial charge >= 0.3 is 0 Å². The van der Waals surface area contributed by atoms with Gasteiger partial charge in [-0.2, -0.15) is 0 Å². The Morgan fingerprint density at radius 3 is 2.50 bits per heavy atom. The van der Waals surface area contributed by atoms with Crippen molar-refractivity contribution in [1.82, 2.24) is 5.32 Å².